The molecule has 0 radical (unpaired) electrons. The van der Waals surface area contributed by atoms with Crippen molar-refractivity contribution in [2.45, 2.75) is 116 Å². The van der Waals surface area contributed by atoms with Gasteiger partial charge in [0, 0.05) is 30.0 Å². The SMILES string of the molecule is CCCCCCCN1/C(=C/C=C/c2sc3ccccc3[n+]2CCCCCCC)Sc2ccccc21.CCCC[B-](c1ccccc1)(c1ccccc1)c1ccccc1. The monoisotopic (exact) mass is 804 g/mol. The van der Waals surface area contributed by atoms with E-state index in [4.69, 9.17) is 0 Å². The van der Waals surface area contributed by atoms with Gasteiger partial charge in [-0.15, -0.1) is 0 Å². The van der Waals surface area contributed by atoms with Crippen molar-refractivity contribution in [1.82, 2.24) is 0 Å². The first-order valence-corrected chi connectivity index (χ1v) is 24.0. The predicted molar refractivity (Wildman–Crippen MR) is 260 cm³/mol. The summed E-state index contributed by atoms with van der Waals surface area (Å²) in [7, 11) is 0. The van der Waals surface area contributed by atoms with E-state index in [1.54, 1.807) is 0 Å². The Morgan fingerprint density at radius 3 is 1.71 bits per heavy atom. The molecule has 0 aliphatic carbocycles. The Balaban J connectivity index is 0.000000213. The van der Waals surface area contributed by atoms with Crippen LogP contribution in [0.4, 0.5) is 5.69 Å². The van der Waals surface area contributed by atoms with E-state index in [1.165, 1.54) is 131 Å². The number of hydrogen-bond acceptors (Lipinski definition) is 3. The van der Waals surface area contributed by atoms with E-state index in [0.717, 1.165) is 13.1 Å². The maximum Gasteiger partial charge on any atom is 0.262 e. The minimum absolute atomic E-state index is 0.913. The third-order valence-corrected chi connectivity index (χ3v) is 14.1. The average Bonchev–Trinajstić information content (AvgIpc) is 3.82. The fourth-order valence-electron chi connectivity index (χ4n) is 8.71. The zero-order valence-corrected chi connectivity index (χ0v) is 37.0. The first-order valence-electron chi connectivity index (χ1n) is 22.4. The molecule has 6 aromatic rings. The minimum atomic E-state index is -0.913. The van der Waals surface area contributed by atoms with E-state index in [1.807, 2.05) is 23.1 Å². The summed E-state index contributed by atoms with van der Waals surface area (Å²) in [5.41, 5.74) is 7.07. The van der Waals surface area contributed by atoms with Gasteiger partial charge in [-0.3, -0.25) is 0 Å². The van der Waals surface area contributed by atoms with Gasteiger partial charge in [0.05, 0.1) is 16.9 Å². The molecule has 5 aromatic carbocycles. The van der Waals surface area contributed by atoms with E-state index in [9.17, 15) is 0 Å². The smallest absolute Gasteiger partial charge is 0.262 e. The van der Waals surface area contributed by atoms with Gasteiger partial charge in [0.25, 0.3) is 5.01 Å². The number of fused-ring (bicyclic) bond motifs is 2. The van der Waals surface area contributed by atoms with Crippen molar-refractivity contribution in [3.63, 3.8) is 0 Å². The molecule has 5 heteroatoms. The third kappa shape index (κ3) is 11.2. The number of benzene rings is 5. The molecule has 1 aliphatic rings. The lowest BCUT2D eigenvalue weighted by molar-refractivity contribution is -0.669. The molecule has 0 fully saturated rings. The summed E-state index contributed by atoms with van der Waals surface area (Å²) >= 11 is 3.82. The van der Waals surface area contributed by atoms with Crippen LogP contribution in [0.15, 0.2) is 162 Å². The Bertz CT molecular complexity index is 2040. The number of rotatable bonds is 20. The van der Waals surface area contributed by atoms with Gasteiger partial charge in [-0.05, 0) is 37.1 Å². The quantitative estimate of drug-likeness (QED) is 0.0431. The fourth-order valence-corrected chi connectivity index (χ4v) is 10.9. The summed E-state index contributed by atoms with van der Waals surface area (Å²) in [6.45, 7) is 9.06. The molecule has 0 saturated carbocycles. The summed E-state index contributed by atoms with van der Waals surface area (Å²) in [6.07, 6.45) is 22.8. The second kappa shape index (κ2) is 23.3. The first kappa shape index (κ1) is 43.3. The molecule has 0 saturated heterocycles. The van der Waals surface area contributed by atoms with Gasteiger partial charge in [0.15, 0.2) is 6.54 Å². The molecule has 0 atom stereocenters. The Hall–Kier alpha value is -4.32. The second-order valence-corrected chi connectivity index (χ2v) is 18.0. The predicted octanol–water partition coefficient (Wildman–Crippen LogP) is 13.6. The summed E-state index contributed by atoms with van der Waals surface area (Å²) in [6, 6.07) is 50.9. The molecule has 0 N–H and O–H groups in total. The number of hydrogen-bond donors (Lipinski definition) is 0. The van der Waals surface area contributed by atoms with Crippen molar-refractivity contribution in [1.29, 1.82) is 0 Å². The van der Waals surface area contributed by atoms with Crippen molar-refractivity contribution < 1.29 is 4.57 Å². The molecular formula is C53H65BN2S2. The maximum atomic E-state index is 2.53. The molecular weight excluding hydrogens is 740 g/mol. The lowest BCUT2D eigenvalue weighted by Gasteiger charge is -2.43. The van der Waals surface area contributed by atoms with Gasteiger partial charge < -0.3 is 4.90 Å². The highest BCUT2D eigenvalue weighted by Gasteiger charge is 2.29. The lowest BCUT2D eigenvalue weighted by atomic mass is 9.14. The topological polar surface area (TPSA) is 7.12 Å². The zero-order valence-electron chi connectivity index (χ0n) is 35.4. The van der Waals surface area contributed by atoms with E-state index in [-0.39, 0.29) is 0 Å². The van der Waals surface area contributed by atoms with Crippen molar-refractivity contribution >= 4 is 67.6 Å². The highest BCUT2D eigenvalue weighted by atomic mass is 32.2. The maximum absolute atomic E-state index is 2.53. The van der Waals surface area contributed by atoms with Crippen LogP contribution in [0.5, 0.6) is 0 Å². The number of nitrogens with zero attached hydrogens (tertiary/aromatic N) is 2. The Morgan fingerprint density at radius 1 is 0.552 bits per heavy atom. The molecule has 0 unspecified atom stereocenters. The van der Waals surface area contributed by atoms with E-state index in [0.29, 0.717) is 0 Å². The van der Waals surface area contributed by atoms with Crippen LogP contribution in [0.3, 0.4) is 0 Å². The Labute approximate surface area is 359 Å². The number of aromatic nitrogens is 1. The number of allylic oxidation sites excluding steroid dienone is 2. The zero-order chi connectivity index (χ0) is 40.3. The molecule has 0 spiro atoms. The van der Waals surface area contributed by atoms with E-state index >= 15 is 0 Å². The molecule has 2 heterocycles. The molecule has 0 amide bonds. The number of unbranched alkanes of at least 4 members (excludes halogenated alkanes) is 9. The van der Waals surface area contributed by atoms with Crippen molar-refractivity contribution in [2.75, 3.05) is 11.4 Å². The van der Waals surface area contributed by atoms with Crippen LogP contribution in [0, 0.1) is 0 Å². The van der Waals surface area contributed by atoms with Crippen molar-refractivity contribution in [2.24, 2.45) is 0 Å². The molecule has 7 rings (SSSR count). The first-order chi connectivity index (χ1) is 28.7. The van der Waals surface area contributed by atoms with E-state index < -0.39 is 6.15 Å². The Kier molecular flexibility index (Phi) is 17.4. The number of aryl methyl sites for hydroxylation is 1. The van der Waals surface area contributed by atoms with Crippen LogP contribution in [0.25, 0.3) is 16.3 Å². The summed E-state index contributed by atoms with van der Waals surface area (Å²) in [4.78, 5) is 3.91. The van der Waals surface area contributed by atoms with Crippen LogP contribution >= 0.6 is 23.1 Å². The van der Waals surface area contributed by atoms with Gasteiger partial charge in [-0.25, -0.2) is 0 Å². The molecule has 1 aromatic heterocycles. The van der Waals surface area contributed by atoms with Gasteiger partial charge in [-0.2, -0.15) is 27.3 Å². The number of thioether (sulfide) groups is 1. The molecule has 1 aliphatic heterocycles. The Morgan fingerprint density at radius 2 is 1.09 bits per heavy atom. The summed E-state index contributed by atoms with van der Waals surface area (Å²) in [5.74, 6) is 0. The molecule has 2 nitrogen and oxygen atoms in total. The minimum Gasteiger partial charge on any atom is -0.335 e. The van der Waals surface area contributed by atoms with Crippen LogP contribution in [0.1, 0.15) is 103 Å². The van der Waals surface area contributed by atoms with Gasteiger partial charge >= 0.3 is 0 Å². The number of anilines is 1. The average molecular weight is 805 g/mol. The molecule has 0 bridgehead atoms. The van der Waals surface area contributed by atoms with Gasteiger partial charge in [0.1, 0.15) is 4.70 Å². The fraction of sp³-hybridized carbons (Fsp3) is 0.340. The van der Waals surface area contributed by atoms with Crippen molar-refractivity contribution in [3.05, 3.63) is 162 Å². The summed E-state index contributed by atoms with van der Waals surface area (Å²) < 4.78 is 3.91. The highest BCUT2D eigenvalue weighted by molar-refractivity contribution is 8.03. The van der Waals surface area contributed by atoms with Crippen LogP contribution < -0.4 is 25.9 Å². The van der Waals surface area contributed by atoms with Crippen LogP contribution in [0.2, 0.25) is 6.32 Å². The third-order valence-electron chi connectivity index (χ3n) is 11.8. The summed E-state index contributed by atoms with van der Waals surface area (Å²) in [5, 5.41) is 2.70. The molecule has 302 valence electrons. The molecule has 58 heavy (non-hydrogen) atoms. The van der Waals surface area contributed by atoms with Crippen LogP contribution in [-0.4, -0.2) is 12.7 Å². The van der Waals surface area contributed by atoms with Crippen molar-refractivity contribution in [3.8, 4) is 0 Å². The second-order valence-electron chi connectivity index (χ2n) is 15.9. The van der Waals surface area contributed by atoms with Gasteiger partial charge in [-0.1, -0.05) is 223 Å². The standard InChI is InChI=1S/C31H41N2S2.C22H24B/c1-3-5-7-9-15-24-32-26-18-11-13-20-28(26)34-30(32)22-17-23-31-33(25-16-10-8-6-4-2)27-19-12-14-21-29(27)35-31;1-2-3-19-23(20-13-7-4-8-14-20,21-15-9-5-10-16-21)22-17-11-6-12-18-22/h11-14,17-23H,3-10,15-16,24-25H2,1-2H3;4-18H,2-3,19H2,1H3/q+1;-1. The lowest BCUT2D eigenvalue weighted by Crippen LogP contribution is -2.66. The van der Waals surface area contributed by atoms with E-state index in [2.05, 4.69) is 188 Å². The largest absolute Gasteiger partial charge is 0.335 e. The van der Waals surface area contributed by atoms with Gasteiger partial charge in [0.2, 0.25) is 5.52 Å². The van der Waals surface area contributed by atoms with Crippen LogP contribution in [-0.2, 0) is 6.54 Å². The highest BCUT2D eigenvalue weighted by Crippen LogP contribution is 2.46. The number of thiazole rings is 1. The number of para-hydroxylation sites is 2. The normalized spacial score (nSPS) is 13.3.